The summed E-state index contributed by atoms with van der Waals surface area (Å²) in [6.45, 7) is 14.0. The molecule has 7 rings (SSSR count). The molecule has 0 radical (unpaired) electrons. The lowest BCUT2D eigenvalue weighted by Crippen LogP contribution is -2.68. The lowest BCUT2D eigenvalue weighted by molar-refractivity contribution is -0.352. The minimum atomic E-state index is -1.78. The van der Waals surface area contributed by atoms with Crippen LogP contribution >= 0.6 is 0 Å². The van der Waals surface area contributed by atoms with E-state index >= 15 is 0 Å². The number of carbonyl (C=O) groups excluding carboxylic acids is 1. The molecular weight excluding hydrogens is 716 g/mol. The maximum atomic E-state index is 15.0. The quantitative estimate of drug-likeness (QED) is 0.139. The fourth-order valence-corrected chi connectivity index (χ4v) is 13.3. The topological polar surface area (TPSA) is 236 Å². The van der Waals surface area contributed by atoms with Crippen molar-refractivity contribution in [1.82, 2.24) is 0 Å². The molecule has 0 bridgehead atoms. The first-order chi connectivity index (χ1) is 25.5. The molecule has 2 saturated heterocycles. The van der Waals surface area contributed by atoms with Crippen LogP contribution in [0.3, 0.4) is 0 Å². The Balaban J connectivity index is 1.23. The van der Waals surface area contributed by atoms with Gasteiger partial charge in [-0.3, -0.25) is 4.79 Å². The minimum absolute atomic E-state index is 0.177. The zero-order valence-electron chi connectivity index (χ0n) is 33.4. The molecule has 4 saturated carbocycles. The molecule has 14 heteroatoms. The monoisotopic (exact) mass is 782 g/mol. The summed E-state index contributed by atoms with van der Waals surface area (Å²) in [6.07, 6.45) is -9.93. The van der Waals surface area contributed by atoms with Gasteiger partial charge in [0.05, 0.1) is 36.9 Å². The van der Waals surface area contributed by atoms with Crippen molar-refractivity contribution >= 4 is 5.97 Å². The molecule has 2 aliphatic heterocycles. The molecule has 19 atom stereocenters. The second-order valence-corrected chi connectivity index (χ2v) is 20.4. The van der Waals surface area contributed by atoms with E-state index < -0.39 is 120 Å². The molecule has 7 aliphatic rings. The second-order valence-electron chi connectivity index (χ2n) is 20.4. The number of allylic oxidation sites excluding steroid dienone is 1. The van der Waals surface area contributed by atoms with Gasteiger partial charge in [-0.15, -0.1) is 0 Å². The van der Waals surface area contributed by atoms with Crippen molar-refractivity contribution in [2.75, 3.05) is 13.2 Å². The Morgan fingerprint density at radius 2 is 1.45 bits per heavy atom. The first kappa shape index (κ1) is 41.9. The van der Waals surface area contributed by atoms with Gasteiger partial charge in [-0.25, -0.2) is 0 Å². The Labute approximate surface area is 323 Å². The third-order valence-corrected chi connectivity index (χ3v) is 17.0. The van der Waals surface area contributed by atoms with E-state index in [4.69, 9.17) is 18.9 Å². The number of aliphatic hydroxyl groups excluding tert-OH is 9. The lowest BCUT2D eigenvalue weighted by atomic mass is 9.33. The van der Waals surface area contributed by atoms with Gasteiger partial charge in [0.15, 0.2) is 12.4 Å². The first-order valence-corrected chi connectivity index (χ1v) is 20.4. The van der Waals surface area contributed by atoms with Gasteiger partial charge < -0.3 is 64.9 Å². The Morgan fingerprint density at radius 3 is 2.13 bits per heavy atom. The molecule has 0 amide bonds. The van der Waals surface area contributed by atoms with Crippen LogP contribution in [0.1, 0.15) is 99.8 Å². The number of rotatable bonds is 5. The molecule has 0 spiro atoms. The summed E-state index contributed by atoms with van der Waals surface area (Å²) in [5.74, 6) is -0.935. The average molecular weight is 783 g/mol. The van der Waals surface area contributed by atoms with Crippen molar-refractivity contribution in [3.8, 4) is 0 Å². The fraction of sp³-hybridized carbons (Fsp3) is 0.927. The zero-order chi connectivity index (χ0) is 40.4. The normalized spacial score (nSPS) is 54.5. The molecule has 55 heavy (non-hydrogen) atoms. The van der Waals surface area contributed by atoms with Crippen LogP contribution in [0.25, 0.3) is 0 Å². The molecule has 6 fully saturated rings. The van der Waals surface area contributed by atoms with Crippen LogP contribution in [-0.2, 0) is 23.7 Å². The van der Waals surface area contributed by atoms with Gasteiger partial charge in [0.1, 0.15) is 36.6 Å². The van der Waals surface area contributed by atoms with Gasteiger partial charge >= 0.3 is 5.97 Å². The highest BCUT2D eigenvalue weighted by Gasteiger charge is 2.71. The molecule has 0 unspecified atom stereocenters. The van der Waals surface area contributed by atoms with Gasteiger partial charge in [0, 0.05) is 5.92 Å². The highest BCUT2D eigenvalue weighted by atomic mass is 16.8. The lowest BCUT2D eigenvalue weighted by Gasteiger charge is -2.71. The van der Waals surface area contributed by atoms with E-state index in [0.29, 0.717) is 38.5 Å². The maximum absolute atomic E-state index is 15.0. The van der Waals surface area contributed by atoms with Gasteiger partial charge in [-0.05, 0) is 90.3 Å². The summed E-state index contributed by atoms with van der Waals surface area (Å²) < 4.78 is 23.3. The minimum Gasteiger partial charge on any atom is -0.432 e. The van der Waals surface area contributed by atoms with Gasteiger partial charge in [0.25, 0.3) is 0 Å². The summed E-state index contributed by atoms with van der Waals surface area (Å²) in [5, 5.41) is 97.6. The predicted octanol–water partition coefficient (Wildman–Crippen LogP) is 0.897. The third-order valence-electron chi connectivity index (χ3n) is 17.0. The Hall–Kier alpha value is -1.27. The Bertz CT molecular complexity index is 1500. The standard InChI is InChI=1S/C41H66O14/c1-36(2)12-14-41(35(51)55-34-30(28(47)27(46)22(17-42)53-34)54-33-29(48)26(45)21(44)18-52-33)15-13-39(6)19(25(41)32(36)50)8-9-24-38(5)16-20(43)31(49)37(3,4)23(38)10-11-40(24,39)7/h8,20-34,42-50H,9-18H2,1-7H3/t20-,21-,22-,23+,24-,25-,26+,27-,28+,29-,30-,31-,32+,33+,34+,38+,39-,40-,41+/m1/s1. The van der Waals surface area contributed by atoms with Crippen molar-refractivity contribution in [1.29, 1.82) is 0 Å². The molecule has 314 valence electrons. The molecular formula is C41H66O14. The average Bonchev–Trinajstić information content (AvgIpc) is 3.12. The van der Waals surface area contributed by atoms with Crippen molar-refractivity contribution < 1.29 is 69.7 Å². The largest absolute Gasteiger partial charge is 0.432 e. The molecule has 14 nitrogen and oxygen atoms in total. The number of carbonyl (C=O) groups is 1. The summed E-state index contributed by atoms with van der Waals surface area (Å²) in [5.41, 5.74) is -2.13. The number of hydrogen-bond acceptors (Lipinski definition) is 14. The van der Waals surface area contributed by atoms with Crippen LogP contribution in [0.4, 0.5) is 0 Å². The van der Waals surface area contributed by atoms with Crippen LogP contribution in [-0.4, -0.2) is 139 Å². The summed E-state index contributed by atoms with van der Waals surface area (Å²) in [7, 11) is 0. The van der Waals surface area contributed by atoms with E-state index in [1.165, 1.54) is 0 Å². The van der Waals surface area contributed by atoms with Crippen LogP contribution < -0.4 is 0 Å². The number of ether oxygens (including phenoxy) is 4. The smallest absolute Gasteiger partial charge is 0.315 e. The van der Waals surface area contributed by atoms with Gasteiger partial charge in [-0.2, -0.15) is 0 Å². The van der Waals surface area contributed by atoms with Crippen molar-refractivity contribution in [2.24, 2.45) is 50.2 Å². The van der Waals surface area contributed by atoms with E-state index in [9.17, 15) is 50.8 Å². The van der Waals surface area contributed by atoms with Crippen molar-refractivity contribution in [3.05, 3.63) is 11.6 Å². The van der Waals surface area contributed by atoms with E-state index in [1.54, 1.807) is 0 Å². The van der Waals surface area contributed by atoms with Gasteiger partial charge in [-0.1, -0.05) is 60.1 Å². The maximum Gasteiger partial charge on any atom is 0.315 e. The van der Waals surface area contributed by atoms with Crippen molar-refractivity contribution in [3.63, 3.8) is 0 Å². The molecule has 2 heterocycles. The number of aliphatic hydroxyl groups is 9. The Morgan fingerprint density at radius 1 is 0.782 bits per heavy atom. The van der Waals surface area contributed by atoms with E-state index in [0.717, 1.165) is 18.4 Å². The molecule has 5 aliphatic carbocycles. The summed E-state index contributed by atoms with van der Waals surface area (Å²) in [6, 6.07) is 0. The number of esters is 1. The number of fused-ring (bicyclic) bond motifs is 7. The van der Waals surface area contributed by atoms with E-state index in [-0.39, 0.29) is 22.7 Å². The predicted molar refractivity (Wildman–Crippen MR) is 194 cm³/mol. The van der Waals surface area contributed by atoms with Gasteiger partial charge in [0.2, 0.25) is 6.29 Å². The van der Waals surface area contributed by atoms with Crippen LogP contribution in [0, 0.1) is 50.2 Å². The zero-order valence-corrected chi connectivity index (χ0v) is 33.4. The SMILES string of the molecule is CC1(C)CC[C@]2(C(=O)O[C@@H]3O[C@H](CO)[C@@H](O)[C@H](O)[C@H]3O[C@@H]3OC[C@@H](O)[C@H](O)[C@H]3O)CC[C@]3(C)C(=CC[C@@H]4[C@@]5(C)C[C@@H](O)[C@@H](O)C(C)(C)[C@@H]5CC[C@]43C)[C@@H]2[C@@H]1O. The van der Waals surface area contributed by atoms with Crippen molar-refractivity contribution in [2.45, 2.75) is 173 Å². The third kappa shape index (κ3) is 5.97. The van der Waals surface area contributed by atoms with Crippen LogP contribution in [0.2, 0.25) is 0 Å². The van der Waals surface area contributed by atoms with Crippen LogP contribution in [0.15, 0.2) is 11.6 Å². The Kier molecular flexibility index (Phi) is 10.6. The van der Waals surface area contributed by atoms with E-state index in [1.807, 2.05) is 13.8 Å². The summed E-state index contributed by atoms with van der Waals surface area (Å²) in [4.78, 5) is 15.0. The molecule has 0 aromatic heterocycles. The second kappa shape index (κ2) is 13.9. The molecule has 0 aromatic carbocycles. The summed E-state index contributed by atoms with van der Waals surface area (Å²) >= 11 is 0. The molecule has 0 aromatic rings. The highest BCUT2D eigenvalue weighted by molar-refractivity contribution is 5.79. The van der Waals surface area contributed by atoms with E-state index in [2.05, 4.69) is 40.7 Å². The molecule has 9 N–H and O–H groups in total. The van der Waals surface area contributed by atoms with Crippen LogP contribution in [0.5, 0.6) is 0 Å². The highest BCUT2D eigenvalue weighted by Crippen LogP contribution is 2.76. The fourth-order valence-electron chi connectivity index (χ4n) is 13.3. The number of hydrogen-bond donors (Lipinski definition) is 9. The first-order valence-electron chi connectivity index (χ1n) is 20.4.